The van der Waals surface area contributed by atoms with Gasteiger partial charge in [0.2, 0.25) is 10.0 Å². The van der Waals surface area contributed by atoms with Gasteiger partial charge in [0.25, 0.3) is 5.91 Å². The highest BCUT2D eigenvalue weighted by Gasteiger charge is 2.27. The van der Waals surface area contributed by atoms with Gasteiger partial charge in [-0.05, 0) is 42.8 Å². The summed E-state index contributed by atoms with van der Waals surface area (Å²) in [6, 6.07) is 10.4. The molecule has 1 fully saturated rings. The molecule has 3 aromatic rings. The van der Waals surface area contributed by atoms with Crippen LogP contribution in [0.25, 0.3) is 11.0 Å². The van der Waals surface area contributed by atoms with Crippen LogP contribution in [0.2, 0.25) is 5.02 Å². The van der Waals surface area contributed by atoms with E-state index in [0.29, 0.717) is 24.5 Å². The smallest absolute Gasteiger partial charge is 0.336 e. The van der Waals surface area contributed by atoms with Crippen molar-refractivity contribution < 1.29 is 27.1 Å². The van der Waals surface area contributed by atoms with E-state index in [1.54, 1.807) is 19.1 Å². The molecule has 2 aromatic carbocycles. The molecule has 174 valence electrons. The highest BCUT2D eigenvalue weighted by Crippen LogP contribution is 2.28. The molecule has 4 rings (SSSR count). The van der Waals surface area contributed by atoms with Crippen LogP contribution in [0.5, 0.6) is 5.75 Å². The van der Waals surface area contributed by atoms with Crippen molar-refractivity contribution in [3.63, 3.8) is 0 Å². The van der Waals surface area contributed by atoms with Crippen molar-refractivity contribution in [2.24, 2.45) is 0 Å². The number of rotatable bonds is 6. The third-order valence-corrected chi connectivity index (χ3v) is 7.34. The Hall–Kier alpha value is -2.92. The van der Waals surface area contributed by atoms with Crippen LogP contribution >= 0.6 is 11.6 Å². The first-order valence-corrected chi connectivity index (χ1v) is 11.9. The Morgan fingerprint density at radius 3 is 2.67 bits per heavy atom. The minimum absolute atomic E-state index is 0.0185. The summed E-state index contributed by atoms with van der Waals surface area (Å²) < 4.78 is 42.9. The zero-order chi connectivity index (χ0) is 23.6. The van der Waals surface area contributed by atoms with Gasteiger partial charge in [-0.2, -0.15) is 4.31 Å². The molecule has 9 nitrogen and oxygen atoms in total. The van der Waals surface area contributed by atoms with Gasteiger partial charge in [0.05, 0.1) is 28.8 Å². The lowest BCUT2D eigenvalue weighted by Gasteiger charge is -2.26. The maximum absolute atomic E-state index is 12.9. The van der Waals surface area contributed by atoms with Gasteiger partial charge in [-0.25, -0.2) is 13.2 Å². The van der Waals surface area contributed by atoms with Crippen LogP contribution in [-0.4, -0.2) is 51.5 Å². The Kier molecular flexibility index (Phi) is 6.71. The second kappa shape index (κ2) is 9.52. The lowest BCUT2D eigenvalue weighted by Crippen LogP contribution is -2.40. The molecule has 0 aliphatic carbocycles. The molecule has 1 aliphatic rings. The van der Waals surface area contributed by atoms with Crippen molar-refractivity contribution in [2.45, 2.75) is 11.8 Å². The Morgan fingerprint density at radius 2 is 1.91 bits per heavy atom. The Bertz CT molecular complexity index is 1360. The van der Waals surface area contributed by atoms with Gasteiger partial charge in [0.1, 0.15) is 11.3 Å². The van der Waals surface area contributed by atoms with Gasteiger partial charge < -0.3 is 19.2 Å². The molecule has 0 unspecified atom stereocenters. The largest absolute Gasteiger partial charge is 0.484 e. The minimum atomic E-state index is -3.74. The number of benzene rings is 2. The second-order valence-electron chi connectivity index (χ2n) is 7.40. The number of ether oxygens (including phenoxy) is 2. The van der Waals surface area contributed by atoms with Gasteiger partial charge in [0.15, 0.2) is 6.61 Å². The summed E-state index contributed by atoms with van der Waals surface area (Å²) in [5.74, 6) is -0.204. The fourth-order valence-electron chi connectivity index (χ4n) is 3.43. The van der Waals surface area contributed by atoms with E-state index in [1.807, 2.05) is 0 Å². The third-order valence-electron chi connectivity index (χ3n) is 5.11. The van der Waals surface area contributed by atoms with Crippen molar-refractivity contribution in [2.75, 3.05) is 38.2 Å². The number of morpholine rings is 1. The topological polar surface area (TPSA) is 115 Å². The van der Waals surface area contributed by atoms with E-state index in [4.69, 9.17) is 25.5 Å². The summed E-state index contributed by atoms with van der Waals surface area (Å²) in [6.45, 7) is 2.59. The number of nitrogens with zero attached hydrogens (tertiary/aromatic N) is 1. The quantitative estimate of drug-likeness (QED) is 0.526. The van der Waals surface area contributed by atoms with E-state index in [2.05, 4.69) is 5.32 Å². The molecule has 0 spiro atoms. The monoisotopic (exact) mass is 492 g/mol. The number of halogens is 1. The molecule has 2 heterocycles. The summed E-state index contributed by atoms with van der Waals surface area (Å²) >= 11 is 6.16. The highest BCUT2D eigenvalue weighted by atomic mass is 35.5. The van der Waals surface area contributed by atoms with Crippen LogP contribution in [0.3, 0.4) is 0 Å². The number of amides is 1. The summed E-state index contributed by atoms with van der Waals surface area (Å²) in [6.07, 6.45) is 0. The first-order valence-electron chi connectivity index (χ1n) is 10.1. The molecule has 0 radical (unpaired) electrons. The molecular formula is C22H21ClN2O7S. The molecule has 0 bridgehead atoms. The van der Waals surface area contributed by atoms with Crippen LogP contribution in [0.4, 0.5) is 5.69 Å². The SMILES string of the molecule is Cc1cc(=O)oc2cc(OCC(=O)Nc3cc(S(=O)(=O)N4CCOCC4)ccc3Cl)ccc12. The molecule has 1 aliphatic heterocycles. The molecule has 0 saturated carbocycles. The summed E-state index contributed by atoms with van der Waals surface area (Å²) in [5.41, 5.74) is 0.797. The number of nitrogens with one attached hydrogen (secondary N) is 1. The van der Waals surface area contributed by atoms with Gasteiger partial charge in [0, 0.05) is 30.6 Å². The second-order valence-corrected chi connectivity index (χ2v) is 9.75. The van der Waals surface area contributed by atoms with Gasteiger partial charge in [-0.15, -0.1) is 0 Å². The van der Waals surface area contributed by atoms with Crippen molar-refractivity contribution in [1.82, 2.24) is 4.31 Å². The van der Waals surface area contributed by atoms with Crippen molar-refractivity contribution in [3.8, 4) is 5.75 Å². The van der Waals surface area contributed by atoms with Gasteiger partial charge >= 0.3 is 5.63 Å². The maximum Gasteiger partial charge on any atom is 0.336 e. The van der Waals surface area contributed by atoms with Crippen LogP contribution < -0.4 is 15.7 Å². The summed E-state index contributed by atoms with van der Waals surface area (Å²) in [4.78, 5) is 24.0. The number of hydrogen-bond acceptors (Lipinski definition) is 7. The normalized spacial score (nSPS) is 14.8. The molecular weight excluding hydrogens is 472 g/mol. The summed E-state index contributed by atoms with van der Waals surface area (Å²) in [7, 11) is -3.74. The fraction of sp³-hybridized carbons (Fsp3) is 0.273. The minimum Gasteiger partial charge on any atom is -0.484 e. The number of carbonyl (C=O) groups is 1. The number of fused-ring (bicyclic) bond motifs is 1. The van der Waals surface area contributed by atoms with Crippen LogP contribution in [-0.2, 0) is 19.6 Å². The predicted octanol–water partition coefficient (Wildman–Crippen LogP) is 2.79. The van der Waals surface area contributed by atoms with Crippen molar-refractivity contribution >= 4 is 44.2 Å². The standard InChI is InChI=1S/C22H21ClN2O7S/c1-14-10-22(27)32-20-11-15(2-4-17(14)20)31-13-21(26)24-19-12-16(3-5-18(19)23)33(28,29)25-6-8-30-9-7-25/h2-5,10-12H,6-9,13H2,1H3,(H,24,26). The average Bonchev–Trinajstić information content (AvgIpc) is 2.79. The molecule has 0 atom stereocenters. The molecule has 1 amide bonds. The van der Waals surface area contributed by atoms with Crippen molar-refractivity contribution in [3.05, 3.63) is 63.5 Å². The van der Waals surface area contributed by atoms with E-state index >= 15 is 0 Å². The van der Waals surface area contributed by atoms with Crippen LogP contribution in [0.1, 0.15) is 5.56 Å². The predicted molar refractivity (Wildman–Crippen MR) is 122 cm³/mol. The van der Waals surface area contributed by atoms with E-state index in [1.165, 1.54) is 34.6 Å². The first kappa shape index (κ1) is 23.2. The van der Waals surface area contributed by atoms with E-state index in [-0.39, 0.29) is 35.3 Å². The molecule has 1 N–H and O–H groups in total. The molecule has 1 saturated heterocycles. The molecule has 11 heteroatoms. The number of carbonyl (C=O) groups excluding carboxylic acids is 1. The van der Waals surface area contributed by atoms with Gasteiger partial charge in [-0.3, -0.25) is 4.79 Å². The average molecular weight is 493 g/mol. The van der Waals surface area contributed by atoms with Gasteiger partial charge in [-0.1, -0.05) is 11.6 Å². The van der Waals surface area contributed by atoms with E-state index < -0.39 is 21.6 Å². The lowest BCUT2D eigenvalue weighted by molar-refractivity contribution is -0.118. The Morgan fingerprint density at radius 1 is 1.15 bits per heavy atom. The number of anilines is 1. The lowest BCUT2D eigenvalue weighted by atomic mass is 10.1. The fourth-order valence-corrected chi connectivity index (χ4v) is 5.03. The highest BCUT2D eigenvalue weighted by molar-refractivity contribution is 7.89. The zero-order valence-corrected chi connectivity index (χ0v) is 19.2. The van der Waals surface area contributed by atoms with Crippen LogP contribution in [0.15, 0.2) is 56.6 Å². The van der Waals surface area contributed by atoms with Crippen LogP contribution in [0, 0.1) is 6.92 Å². The first-order chi connectivity index (χ1) is 15.7. The molecule has 1 aromatic heterocycles. The number of aryl methyl sites for hydroxylation is 1. The van der Waals surface area contributed by atoms with Crippen molar-refractivity contribution in [1.29, 1.82) is 0 Å². The summed E-state index contributed by atoms with van der Waals surface area (Å²) in [5, 5.41) is 3.52. The Labute approximate surface area is 194 Å². The maximum atomic E-state index is 12.9. The Balaban J connectivity index is 1.46. The number of hydrogen-bond donors (Lipinski definition) is 1. The number of sulfonamides is 1. The van der Waals surface area contributed by atoms with E-state index in [9.17, 15) is 18.0 Å². The third kappa shape index (κ3) is 5.19. The molecule has 33 heavy (non-hydrogen) atoms. The van der Waals surface area contributed by atoms with E-state index in [0.717, 1.165) is 10.9 Å². The zero-order valence-electron chi connectivity index (χ0n) is 17.7.